The fourth-order valence-corrected chi connectivity index (χ4v) is 3.22. The zero-order chi connectivity index (χ0) is 13.7. The summed E-state index contributed by atoms with van der Waals surface area (Å²) in [5.74, 6) is 0.918. The molecule has 2 aliphatic heterocycles. The van der Waals surface area contributed by atoms with Gasteiger partial charge < -0.3 is 10.2 Å². The molecule has 0 spiro atoms. The molecular weight excluding hydrogens is 238 g/mol. The van der Waals surface area contributed by atoms with E-state index in [1.807, 2.05) is 4.90 Å². The largest absolute Gasteiger partial charge is 0.334 e. The summed E-state index contributed by atoms with van der Waals surface area (Å²) in [6.07, 6.45) is 6.06. The van der Waals surface area contributed by atoms with Gasteiger partial charge in [-0.15, -0.1) is 13.2 Å². The molecule has 0 aliphatic carbocycles. The first-order valence-corrected chi connectivity index (χ1v) is 7.20. The Balaban J connectivity index is 1.92. The second kappa shape index (κ2) is 6.87. The average Bonchev–Trinajstić information content (AvgIpc) is 2.88. The van der Waals surface area contributed by atoms with Gasteiger partial charge in [0.1, 0.15) is 0 Å². The summed E-state index contributed by atoms with van der Waals surface area (Å²) in [5, 5.41) is 3.45. The standard InChI is InChI=1S/C15H25N3O/c1-3-7-17(8-4-2)15(19)12-18-9-5-6-13-10-16-11-14(13)18/h3-4,13-14,16H,1-2,5-12H2. The van der Waals surface area contributed by atoms with E-state index < -0.39 is 0 Å². The van der Waals surface area contributed by atoms with Crippen molar-refractivity contribution in [1.82, 2.24) is 15.1 Å². The SMILES string of the molecule is C=CCN(CC=C)C(=O)CN1CCCC2CNCC21. The molecule has 1 N–H and O–H groups in total. The minimum atomic E-state index is 0.187. The van der Waals surface area contributed by atoms with Gasteiger partial charge in [-0.1, -0.05) is 12.2 Å². The lowest BCUT2D eigenvalue weighted by atomic mass is 9.92. The molecule has 2 fully saturated rings. The van der Waals surface area contributed by atoms with Gasteiger partial charge in [-0.25, -0.2) is 0 Å². The van der Waals surface area contributed by atoms with E-state index in [1.165, 1.54) is 12.8 Å². The molecule has 2 atom stereocenters. The zero-order valence-corrected chi connectivity index (χ0v) is 11.7. The molecule has 2 saturated heterocycles. The van der Waals surface area contributed by atoms with Gasteiger partial charge in [-0.3, -0.25) is 9.69 Å². The van der Waals surface area contributed by atoms with E-state index in [0.717, 1.165) is 25.6 Å². The molecule has 0 aromatic rings. The lowest BCUT2D eigenvalue weighted by molar-refractivity contribution is -0.132. The van der Waals surface area contributed by atoms with Crippen molar-refractivity contribution in [2.24, 2.45) is 5.92 Å². The van der Waals surface area contributed by atoms with E-state index in [-0.39, 0.29) is 5.91 Å². The number of fused-ring (bicyclic) bond motifs is 1. The Labute approximate surface area is 116 Å². The van der Waals surface area contributed by atoms with Crippen molar-refractivity contribution in [1.29, 1.82) is 0 Å². The Kier molecular flexibility index (Phi) is 5.16. The third-order valence-electron chi connectivity index (χ3n) is 4.18. The smallest absolute Gasteiger partial charge is 0.237 e. The maximum Gasteiger partial charge on any atom is 0.237 e. The molecular formula is C15H25N3O. The molecule has 0 aromatic carbocycles. The lowest BCUT2D eigenvalue weighted by Crippen LogP contribution is -2.50. The molecule has 2 heterocycles. The molecule has 2 aliphatic rings. The van der Waals surface area contributed by atoms with Gasteiger partial charge in [0.05, 0.1) is 6.54 Å². The number of amides is 1. The second-order valence-electron chi connectivity index (χ2n) is 5.47. The molecule has 106 valence electrons. The maximum absolute atomic E-state index is 12.3. The van der Waals surface area contributed by atoms with E-state index >= 15 is 0 Å². The molecule has 0 radical (unpaired) electrons. The van der Waals surface area contributed by atoms with E-state index in [1.54, 1.807) is 12.2 Å². The highest BCUT2D eigenvalue weighted by Crippen LogP contribution is 2.26. The number of likely N-dealkylation sites (tertiary alicyclic amines) is 1. The molecule has 2 unspecified atom stereocenters. The van der Waals surface area contributed by atoms with Crippen LogP contribution in [0.3, 0.4) is 0 Å². The van der Waals surface area contributed by atoms with Crippen LogP contribution in [0.4, 0.5) is 0 Å². The Morgan fingerprint density at radius 1 is 1.32 bits per heavy atom. The number of hydrogen-bond acceptors (Lipinski definition) is 3. The summed E-state index contributed by atoms with van der Waals surface area (Å²) in [6, 6.07) is 0.548. The average molecular weight is 263 g/mol. The summed E-state index contributed by atoms with van der Waals surface area (Å²) in [5.41, 5.74) is 0. The van der Waals surface area contributed by atoms with Crippen molar-refractivity contribution in [2.75, 3.05) is 39.3 Å². The summed E-state index contributed by atoms with van der Waals surface area (Å²) in [6.45, 7) is 12.3. The van der Waals surface area contributed by atoms with Crippen molar-refractivity contribution >= 4 is 5.91 Å². The van der Waals surface area contributed by atoms with E-state index in [0.29, 0.717) is 25.7 Å². The maximum atomic E-state index is 12.3. The number of nitrogens with zero attached hydrogens (tertiary/aromatic N) is 2. The van der Waals surface area contributed by atoms with Crippen LogP contribution in [0.5, 0.6) is 0 Å². The highest BCUT2D eigenvalue weighted by molar-refractivity contribution is 5.78. The molecule has 4 nitrogen and oxygen atoms in total. The first-order valence-electron chi connectivity index (χ1n) is 7.20. The van der Waals surface area contributed by atoms with Crippen LogP contribution in [-0.2, 0) is 4.79 Å². The Hall–Kier alpha value is -1.13. The normalized spacial score (nSPS) is 26.7. The monoisotopic (exact) mass is 263 g/mol. The predicted octanol–water partition coefficient (Wildman–Crippen LogP) is 0.871. The van der Waals surface area contributed by atoms with Crippen LogP contribution in [0.2, 0.25) is 0 Å². The number of carbonyl (C=O) groups excluding carboxylic acids is 1. The minimum Gasteiger partial charge on any atom is -0.334 e. The van der Waals surface area contributed by atoms with E-state index in [4.69, 9.17) is 0 Å². The van der Waals surface area contributed by atoms with Crippen molar-refractivity contribution in [3.63, 3.8) is 0 Å². The molecule has 2 rings (SSSR count). The number of nitrogens with one attached hydrogen (secondary N) is 1. The Morgan fingerprint density at radius 2 is 2.05 bits per heavy atom. The van der Waals surface area contributed by atoms with E-state index in [2.05, 4.69) is 23.4 Å². The van der Waals surface area contributed by atoms with Gasteiger partial charge in [0.2, 0.25) is 5.91 Å². The van der Waals surface area contributed by atoms with Gasteiger partial charge in [-0.2, -0.15) is 0 Å². The zero-order valence-electron chi connectivity index (χ0n) is 11.7. The third kappa shape index (κ3) is 3.45. The number of piperidine rings is 1. The highest BCUT2D eigenvalue weighted by Gasteiger charge is 2.35. The molecule has 1 amide bonds. The van der Waals surface area contributed by atoms with Crippen molar-refractivity contribution in [2.45, 2.75) is 18.9 Å². The summed E-state index contributed by atoms with van der Waals surface area (Å²) < 4.78 is 0. The quantitative estimate of drug-likeness (QED) is 0.722. The fraction of sp³-hybridized carbons (Fsp3) is 0.667. The lowest BCUT2D eigenvalue weighted by Gasteiger charge is -2.37. The van der Waals surface area contributed by atoms with Crippen molar-refractivity contribution in [3.05, 3.63) is 25.3 Å². The minimum absolute atomic E-state index is 0.187. The Morgan fingerprint density at radius 3 is 2.74 bits per heavy atom. The van der Waals surface area contributed by atoms with Gasteiger partial charge in [0, 0.05) is 25.7 Å². The molecule has 0 saturated carbocycles. The number of carbonyl (C=O) groups is 1. The highest BCUT2D eigenvalue weighted by atomic mass is 16.2. The molecule has 0 bridgehead atoms. The summed E-state index contributed by atoms with van der Waals surface area (Å²) >= 11 is 0. The summed E-state index contributed by atoms with van der Waals surface area (Å²) in [7, 11) is 0. The van der Waals surface area contributed by atoms with Crippen LogP contribution in [-0.4, -0.2) is 61.0 Å². The van der Waals surface area contributed by atoms with Gasteiger partial charge >= 0.3 is 0 Å². The van der Waals surface area contributed by atoms with Crippen LogP contribution < -0.4 is 5.32 Å². The molecule has 0 aromatic heterocycles. The van der Waals surface area contributed by atoms with Crippen LogP contribution in [0.1, 0.15) is 12.8 Å². The van der Waals surface area contributed by atoms with Crippen molar-refractivity contribution < 1.29 is 4.79 Å². The van der Waals surface area contributed by atoms with E-state index in [9.17, 15) is 4.79 Å². The second-order valence-corrected chi connectivity index (χ2v) is 5.47. The van der Waals surface area contributed by atoms with Gasteiger partial charge in [0.25, 0.3) is 0 Å². The number of rotatable bonds is 6. The first-order chi connectivity index (χ1) is 9.26. The van der Waals surface area contributed by atoms with Gasteiger partial charge in [0.15, 0.2) is 0 Å². The van der Waals surface area contributed by atoms with Crippen LogP contribution in [0.25, 0.3) is 0 Å². The molecule has 4 heteroatoms. The number of hydrogen-bond donors (Lipinski definition) is 1. The Bertz CT molecular complexity index is 332. The van der Waals surface area contributed by atoms with Crippen LogP contribution in [0, 0.1) is 5.92 Å². The van der Waals surface area contributed by atoms with Crippen molar-refractivity contribution in [3.8, 4) is 0 Å². The third-order valence-corrected chi connectivity index (χ3v) is 4.18. The van der Waals surface area contributed by atoms with Gasteiger partial charge in [-0.05, 0) is 31.8 Å². The first kappa shape index (κ1) is 14.3. The van der Waals surface area contributed by atoms with Crippen LogP contribution in [0.15, 0.2) is 25.3 Å². The fourth-order valence-electron chi connectivity index (χ4n) is 3.22. The molecule has 19 heavy (non-hydrogen) atoms. The van der Waals surface area contributed by atoms with Crippen LogP contribution >= 0.6 is 0 Å². The summed E-state index contributed by atoms with van der Waals surface area (Å²) in [4.78, 5) is 16.5. The predicted molar refractivity (Wildman–Crippen MR) is 77.9 cm³/mol. The topological polar surface area (TPSA) is 35.6 Å².